The summed E-state index contributed by atoms with van der Waals surface area (Å²) >= 11 is 5.98. The summed E-state index contributed by atoms with van der Waals surface area (Å²) in [5, 5.41) is 11.6. The summed E-state index contributed by atoms with van der Waals surface area (Å²) in [6.45, 7) is -2.40. The lowest BCUT2D eigenvalue weighted by Gasteiger charge is -2.16. The van der Waals surface area contributed by atoms with Crippen LogP contribution in [0.3, 0.4) is 0 Å². The van der Waals surface area contributed by atoms with Gasteiger partial charge >= 0.3 is 6.61 Å². The van der Waals surface area contributed by atoms with Gasteiger partial charge in [-0.15, -0.1) is 5.10 Å². The Morgan fingerprint density at radius 3 is 2.88 bits per heavy atom. The lowest BCUT2D eigenvalue weighted by Crippen LogP contribution is -2.38. The molecule has 5 rings (SSSR count). The topological polar surface area (TPSA) is 93.4 Å². The highest BCUT2D eigenvalue weighted by molar-refractivity contribution is 6.30. The van der Waals surface area contributed by atoms with Crippen LogP contribution in [0.2, 0.25) is 5.02 Å². The molecule has 2 N–H and O–H groups in total. The Kier molecular flexibility index (Phi) is 5.67. The van der Waals surface area contributed by atoms with Crippen molar-refractivity contribution in [2.45, 2.75) is 31.9 Å². The van der Waals surface area contributed by atoms with E-state index in [9.17, 15) is 13.6 Å². The van der Waals surface area contributed by atoms with Gasteiger partial charge in [0.15, 0.2) is 11.5 Å². The Labute approximate surface area is 191 Å². The predicted octanol–water partition coefficient (Wildman–Crippen LogP) is 4.28. The summed E-state index contributed by atoms with van der Waals surface area (Å²) in [7, 11) is 0. The van der Waals surface area contributed by atoms with E-state index in [-0.39, 0.29) is 28.1 Å². The number of para-hydroxylation sites is 1. The molecule has 1 aliphatic rings. The minimum atomic E-state index is -3.03. The zero-order chi connectivity index (χ0) is 22.9. The molecule has 2 aromatic heterocycles. The van der Waals surface area contributed by atoms with Gasteiger partial charge in [0.2, 0.25) is 11.9 Å². The number of hydrogen-bond acceptors (Lipinski definition) is 6. The molecule has 1 aliphatic heterocycles. The van der Waals surface area contributed by atoms with Crippen LogP contribution in [0.5, 0.6) is 5.75 Å². The molecule has 11 heteroatoms. The highest BCUT2D eigenvalue weighted by Crippen LogP contribution is 2.33. The number of aromatic nitrogens is 4. The number of ether oxygens (including phenoxy) is 1. The van der Waals surface area contributed by atoms with E-state index >= 15 is 0 Å². The van der Waals surface area contributed by atoms with Crippen LogP contribution in [0.4, 0.5) is 14.7 Å². The van der Waals surface area contributed by atoms with Crippen molar-refractivity contribution in [2.24, 2.45) is 0 Å². The second kappa shape index (κ2) is 8.78. The first-order valence-corrected chi connectivity index (χ1v) is 10.8. The Balaban J connectivity index is 1.66. The van der Waals surface area contributed by atoms with Crippen molar-refractivity contribution in [1.82, 2.24) is 24.9 Å². The molecule has 1 fully saturated rings. The van der Waals surface area contributed by atoms with Crippen molar-refractivity contribution in [1.29, 1.82) is 0 Å². The fourth-order valence-electron chi connectivity index (χ4n) is 3.87. The standard InChI is InChI=1S/C22H19ClF2N6O2/c23-12-8-9-14(17(11-12)33-21(24)25)18-29-19-13-5-1-2-6-15(13)27-22(31(19)30-18)28-16-7-3-4-10-26-20(16)32/h1-2,5-6,8-9,11,16,21H,3-4,7,10H2,(H,26,32)(H,27,28)/t16-/m0/s1. The molecule has 0 saturated carbocycles. The molecule has 0 unspecified atom stereocenters. The molecule has 0 aliphatic carbocycles. The van der Waals surface area contributed by atoms with Crippen LogP contribution in [0.15, 0.2) is 42.5 Å². The monoisotopic (exact) mass is 472 g/mol. The van der Waals surface area contributed by atoms with E-state index in [0.717, 1.165) is 18.2 Å². The number of fused-ring (bicyclic) bond motifs is 3. The number of anilines is 1. The summed E-state index contributed by atoms with van der Waals surface area (Å²) in [5.41, 5.74) is 1.37. The lowest BCUT2D eigenvalue weighted by molar-refractivity contribution is -0.121. The van der Waals surface area contributed by atoms with E-state index in [1.165, 1.54) is 16.6 Å². The number of carbonyl (C=O) groups excluding carboxylic acids is 1. The van der Waals surface area contributed by atoms with Gasteiger partial charge < -0.3 is 15.4 Å². The maximum atomic E-state index is 13.0. The van der Waals surface area contributed by atoms with Crippen molar-refractivity contribution in [3.8, 4) is 17.1 Å². The fraction of sp³-hybridized carbons (Fsp3) is 0.273. The quantitative estimate of drug-likeness (QED) is 0.450. The Bertz CT molecular complexity index is 1350. The van der Waals surface area contributed by atoms with Crippen molar-refractivity contribution < 1.29 is 18.3 Å². The van der Waals surface area contributed by atoms with Gasteiger partial charge in [-0.1, -0.05) is 23.7 Å². The average molecular weight is 473 g/mol. The summed E-state index contributed by atoms with van der Waals surface area (Å²) in [6, 6.07) is 11.2. The molecule has 1 atom stereocenters. The highest BCUT2D eigenvalue weighted by Gasteiger charge is 2.24. The number of nitrogens with one attached hydrogen (secondary N) is 2. The van der Waals surface area contributed by atoms with E-state index in [1.807, 2.05) is 24.3 Å². The Hall–Kier alpha value is -3.53. The maximum absolute atomic E-state index is 13.0. The van der Waals surface area contributed by atoms with Gasteiger partial charge in [-0.3, -0.25) is 4.79 Å². The molecule has 8 nitrogen and oxygen atoms in total. The van der Waals surface area contributed by atoms with Crippen LogP contribution in [-0.2, 0) is 4.79 Å². The molecule has 170 valence electrons. The maximum Gasteiger partial charge on any atom is 0.387 e. The van der Waals surface area contributed by atoms with E-state index in [4.69, 9.17) is 11.6 Å². The number of amides is 1. The van der Waals surface area contributed by atoms with E-state index in [2.05, 4.69) is 30.4 Å². The molecule has 0 spiro atoms. The van der Waals surface area contributed by atoms with Crippen LogP contribution in [0.25, 0.3) is 27.9 Å². The Morgan fingerprint density at radius 2 is 2.03 bits per heavy atom. The predicted molar refractivity (Wildman–Crippen MR) is 120 cm³/mol. The minimum absolute atomic E-state index is 0.110. The normalized spacial score (nSPS) is 16.7. The van der Waals surface area contributed by atoms with Crippen molar-refractivity contribution >= 4 is 40.0 Å². The Morgan fingerprint density at radius 1 is 1.18 bits per heavy atom. The number of alkyl halides is 2. The van der Waals surface area contributed by atoms with Gasteiger partial charge in [-0.2, -0.15) is 13.3 Å². The van der Waals surface area contributed by atoms with Crippen LogP contribution in [0.1, 0.15) is 19.3 Å². The van der Waals surface area contributed by atoms with Gasteiger partial charge in [-0.25, -0.2) is 9.97 Å². The van der Waals surface area contributed by atoms with Crippen LogP contribution < -0.4 is 15.4 Å². The number of carbonyl (C=O) groups is 1. The average Bonchev–Trinajstić information content (AvgIpc) is 3.13. The fourth-order valence-corrected chi connectivity index (χ4v) is 4.03. The molecule has 1 saturated heterocycles. The van der Waals surface area contributed by atoms with Crippen molar-refractivity contribution in [3.05, 3.63) is 47.5 Å². The number of benzene rings is 2. The first kappa shape index (κ1) is 21.3. The highest BCUT2D eigenvalue weighted by atomic mass is 35.5. The summed E-state index contributed by atoms with van der Waals surface area (Å²) in [6.07, 6.45) is 2.43. The van der Waals surface area contributed by atoms with Gasteiger partial charge in [0.25, 0.3) is 0 Å². The van der Waals surface area contributed by atoms with Gasteiger partial charge in [0.05, 0.1) is 11.1 Å². The minimum Gasteiger partial charge on any atom is -0.434 e. The molecule has 0 radical (unpaired) electrons. The second-order valence-corrected chi connectivity index (χ2v) is 8.06. The summed E-state index contributed by atoms with van der Waals surface area (Å²) in [4.78, 5) is 21.7. The molecule has 4 aromatic rings. The number of hydrogen-bond donors (Lipinski definition) is 2. The third-order valence-corrected chi connectivity index (χ3v) is 5.65. The molecular formula is C22H19ClF2N6O2. The smallest absolute Gasteiger partial charge is 0.387 e. The third kappa shape index (κ3) is 4.25. The first-order valence-electron chi connectivity index (χ1n) is 10.4. The first-order chi connectivity index (χ1) is 16.0. The molecule has 1 amide bonds. The van der Waals surface area contributed by atoms with Gasteiger partial charge in [-0.05, 0) is 49.6 Å². The van der Waals surface area contributed by atoms with E-state index in [1.54, 1.807) is 6.07 Å². The molecular weight excluding hydrogens is 454 g/mol. The molecule has 2 aromatic carbocycles. The summed E-state index contributed by atoms with van der Waals surface area (Å²) < 4.78 is 32.1. The van der Waals surface area contributed by atoms with Gasteiger partial charge in [0.1, 0.15) is 11.8 Å². The SMILES string of the molecule is O=C1NCCCC[C@@H]1Nc1nc2ccccc2c2nc(-c3ccc(Cl)cc3OC(F)F)nn12. The van der Waals surface area contributed by atoms with E-state index < -0.39 is 12.7 Å². The van der Waals surface area contributed by atoms with E-state index in [0.29, 0.717) is 30.1 Å². The van der Waals surface area contributed by atoms with Crippen molar-refractivity contribution in [3.63, 3.8) is 0 Å². The van der Waals surface area contributed by atoms with Crippen molar-refractivity contribution in [2.75, 3.05) is 11.9 Å². The summed E-state index contributed by atoms with van der Waals surface area (Å²) in [5.74, 6) is 0.244. The zero-order valence-corrected chi connectivity index (χ0v) is 18.0. The number of rotatable bonds is 5. The van der Waals surface area contributed by atoms with Crippen LogP contribution >= 0.6 is 11.6 Å². The van der Waals surface area contributed by atoms with Crippen LogP contribution in [0, 0.1) is 0 Å². The molecule has 33 heavy (non-hydrogen) atoms. The van der Waals surface area contributed by atoms with Crippen LogP contribution in [-0.4, -0.2) is 44.7 Å². The van der Waals surface area contributed by atoms with Gasteiger partial charge in [0, 0.05) is 17.0 Å². The lowest BCUT2D eigenvalue weighted by atomic mass is 10.1. The molecule has 3 heterocycles. The zero-order valence-electron chi connectivity index (χ0n) is 17.3. The molecule has 0 bridgehead atoms. The number of nitrogens with zero attached hydrogens (tertiary/aromatic N) is 4. The third-order valence-electron chi connectivity index (χ3n) is 5.42. The number of halogens is 3. The second-order valence-electron chi connectivity index (χ2n) is 7.63. The largest absolute Gasteiger partial charge is 0.434 e.